The second-order valence-electron chi connectivity index (χ2n) is 29.7. The molecule has 1 saturated heterocycles. The van der Waals surface area contributed by atoms with Gasteiger partial charge in [0.15, 0.2) is 152 Å². The fraction of sp³-hybridized carbons (Fsp3) is 0.181. The molecule has 50 heteroatoms. The molecular weight excluding hydrogens is 1800 g/mol. The van der Waals surface area contributed by atoms with Gasteiger partial charge in [0.1, 0.15) is 60.4 Å². The number of carbonyl (C=O) groups excluding carboxylic acids is 8. The maximum absolute atomic E-state index is 15.5. The van der Waals surface area contributed by atoms with Crippen LogP contribution in [0.3, 0.4) is 0 Å². The summed E-state index contributed by atoms with van der Waals surface area (Å²) in [4.78, 5) is 120. The van der Waals surface area contributed by atoms with Crippen molar-refractivity contribution in [3.05, 3.63) is 140 Å². The molecule has 0 radical (unpaired) electrons. The summed E-state index contributed by atoms with van der Waals surface area (Å²) in [6.45, 7) is -3.27. The summed E-state index contributed by atoms with van der Waals surface area (Å²) < 4.78 is 62.5. The van der Waals surface area contributed by atoms with Crippen molar-refractivity contribution in [2.24, 2.45) is 0 Å². The number of cyclic esters (lactones) is 5. The van der Waals surface area contributed by atoms with Gasteiger partial charge in [-0.15, -0.1) is 0 Å². The number of aliphatic hydroxyl groups is 4. The van der Waals surface area contributed by atoms with Crippen molar-refractivity contribution in [3.63, 3.8) is 0 Å². The van der Waals surface area contributed by atoms with E-state index < -0.39 is 402 Å². The maximum atomic E-state index is 15.5. The molecule has 0 spiro atoms. The molecule has 694 valence electrons. The van der Waals surface area contributed by atoms with Crippen LogP contribution in [-0.4, -0.2) is 280 Å². The van der Waals surface area contributed by atoms with E-state index in [0.717, 1.165) is 18.2 Å². The van der Waals surface area contributed by atoms with Gasteiger partial charge in [0.25, 0.3) is 0 Å². The standard InChI is InChI=1S/C83H62O50/c84-27-2-1-17(3-29(27)86)66-39(96)6-19-28(85)14-30(87)49(67(19)127-66)64(112)71-72(132-81(120)24-11-37(94)54(102)61(109)46(24)45-23(80(119)130-71)10-36(93)53(101)60(45)108)69-40(97)15-123-77(116)25-13-41(57(105)63(111)48(25)47-21(78(117)128-69)8-34(91)55(103)62(47)110)125-68-26(12-38(95)56(104)65(68)113)82(121)133-74-73(131-75(114)18-4-31(88)50(98)32(89)5-18)70-42(126-83(74)122)16-124-76(115)20-7-33(90)51(99)58(106)43(20)44-22(79(118)129-70)9-35(92)52(100)59(44)107/h1-5,7-14,39-40,42,64,66,69-74,83-113,122H,6,15-16H2/t39-,40-,42-,64?,66?,69-,70-,71+,72+,73+,74-,83?/m1/s1. The average Bonchev–Trinajstić information content (AvgIpc) is 1.66. The van der Waals surface area contributed by atoms with Crippen LogP contribution in [0, 0.1) is 0 Å². The summed E-state index contributed by atoms with van der Waals surface area (Å²) in [5.41, 5.74) is -20.8. The van der Waals surface area contributed by atoms with Crippen LogP contribution in [0.5, 0.6) is 172 Å². The van der Waals surface area contributed by atoms with Gasteiger partial charge in [-0.3, -0.25) is 0 Å². The fourth-order valence-corrected chi connectivity index (χ4v) is 15.3. The number of hydrogen-bond donors (Lipinski definition) is 31. The van der Waals surface area contributed by atoms with E-state index in [1.54, 1.807) is 0 Å². The van der Waals surface area contributed by atoms with Gasteiger partial charge in [-0.25, -0.2) is 38.4 Å². The summed E-state index contributed by atoms with van der Waals surface area (Å²) in [5, 5.41) is 350. The molecule has 12 atom stereocenters. The van der Waals surface area contributed by atoms with Crippen molar-refractivity contribution < 1.29 is 249 Å². The molecule has 15 rings (SSSR count). The first-order valence-electron chi connectivity index (χ1n) is 37.6. The third-order valence-corrected chi connectivity index (χ3v) is 21.7. The molecule has 5 aliphatic heterocycles. The monoisotopic (exact) mass is 1860 g/mol. The van der Waals surface area contributed by atoms with Crippen LogP contribution in [0.25, 0.3) is 33.4 Å². The predicted octanol–water partition coefficient (Wildman–Crippen LogP) is 2.99. The van der Waals surface area contributed by atoms with Gasteiger partial charge in [-0.1, -0.05) is 6.07 Å². The molecule has 10 aromatic rings. The minimum absolute atomic E-state index is 0.110. The number of fused-ring (bicyclic) bond motifs is 11. The molecule has 5 heterocycles. The Morgan fingerprint density at radius 3 is 1.23 bits per heavy atom. The van der Waals surface area contributed by atoms with Gasteiger partial charge in [0.05, 0.1) is 50.6 Å². The number of aromatic hydroxyl groups is 27. The molecule has 0 aromatic heterocycles. The lowest BCUT2D eigenvalue weighted by Crippen LogP contribution is -2.62. The van der Waals surface area contributed by atoms with E-state index in [1.807, 2.05) is 0 Å². The Morgan fingerprint density at radius 2 is 0.752 bits per heavy atom. The number of benzene rings is 10. The fourth-order valence-electron chi connectivity index (χ4n) is 15.3. The van der Waals surface area contributed by atoms with Crippen molar-refractivity contribution in [1.29, 1.82) is 0 Å². The van der Waals surface area contributed by atoms with Crippen LogP contribution in [0.15, 0.2) is 78.9 Å². The van der Waals surface area contributed by atoms with Crippen molar-refractivity contribution in [3.8, 4) is 206 Å². The van der Waals surface area contributed by atoms with Gasteiger partial charge in [0, 0.05) is 63.6 Å². The first-order valence-corrected chi connectivity index (χ1v) is 37.6. The number of phenolic OH excluding ortho intramolecular Hbond substituents is 27. The van der Waals surface area contributed by atoms with E-state index in [1.165, 1.54) is 0 Å². The smallest absolute Gasteiger partial charge is 0.342 e. The number of phenols is 27. The maximum Gasteiger partial charge on any atom is 0.342 e. The highest BCUT2D eigenvalue weighted by Gasteiger charge is 2.56. The molecule has 1 fully saturated rings. The van der Waals surface area contributed by atoms with Gasteiger partial charge < -0.3 is 210 Å². The Kier molecular flexibility index (Phi) is 22.3. The van der Waals surface area contributed by atoms with Crippen LogP contribution in [0.4, 0.5) is 0 Å². The summed E-state index contributed by atoms with van der Waals surface area (Å²) >= 11 is 0. The Bertz CT molecular complexity index is 6710. The number of ether oxygens (including phenoxy) is 11. The first-order chi connectivity index (χ1) is 62.6. The molecule has 0 amide bonds. The van der Waals surface area contributed by atoms with E-state index in [-0.39, 0.29) is 42.0 Å². The topological polar surface area (TPSA) is 865 Å². The summed E-state index contributed by atoms with van der Waals surface area (Å²) in [5.74, 6) is -60.9. The quantitative estimate of drug-likeness (QED) is 0.0531. The normalized spacial score (nSPS) is 20.7. The van der Waals surface area contributed by atoms with E-state index in [9.17, 15) is 173 Å². The number of hydrogen-bond acceptors (Lipinski definition) is 50. The summed E-state index contributed by atoms with van der Waals surface area (Å²) in [6, 6.07) is 5.65. The SMILES string of the molecule is O=C(O[C@H]1[C@@H]2OC(=O)c3cc(O)c(O)c(O)c3-c3c(cc(O)c(O)c3O)C(=O)OC[C@H]2OC(O)[C@@H]1OC(=O)c1cc(O)c(O)c(O)c1Oc1cc2c(c(O)c1O)-c1c(cc(O)c(O)c1O)C(=O)O[C@@H]([C@@H]1OC(=O)c3cc(O)c(O)c(O)c3-c3c(cc(O)c(O)c3O)C(=O)O[C@H]1C(O)c1c(O)cc(O)c3c1OC(c1ccc(O)c(O)c1)[C@H](O)C3)[C@H](O)COC2=O)c1cc(O)c(O)c(O)c1. The summed E-state index contributed by atoms with van der Waals surface area (Å²) in [7, 11) is 0. The molecular formula is C83H62O50. The molecule has 5 aliphatic rings. The number of esters is 8. The molecule has 50 nitrogen and oxygen atoms in total. The zero-order valence-electron chi connectivity index (χ0n) is 65.7. The van der Waals surface area contributed by atoms with Crippen molar-refractivity contribution in [2.45, 2.75) is 79.9 Å². The van der Waals surface area contributed by atoms with Crippen LogP contribution in [0.2, 0.25) is 0 Å². The van der Waals surface area contributed by atoms with E-state index in [4.69, 9.17) is 52.1 Å². The Balaban J connectivity index is 0.841. The van der Waals surface area contributed by atoms with E-state index >= 15 is 24.0 Å². The lowest BCUT2D eigenvalue weighted by atomic mass is 9.87. The van der Waals surface area contributed by atoms with Crippen LogP contribution in [-0.2, 0) is 49.1 Å². The highest BCUT2D eigenvalue weighted by molar-refractivity contribution is 6.12. The van der Waals surface area contributed by atoms with Gasteiger partial charge in [-0.2, -0.15) is 0 Å². The van der Waals surface area contributed by atoms with Gasteiger partial charge in [0.2, 0.25) is 46.0 Å². The Morgan fingerprint density at radius 1 is 0.346 bits per heavy atom. The average molecular weight is 1860 g/mol. The summed E-state index contributed by atoms with van der Waals surface area (Å²) in [6.07, 6.45) is -33.9. The van der Waals surface area contributed by atoms with Crippen molar-refractivity contribution >= 4 is 47.8 Å². The molecule has 31 N–H and O–H groups in total. The highest BCUT2D eigenvalue weighted by Crippen LogP contribution is 2.60. The third kappa shape index (κ3) is 15.0. The third-order valence-electron chi connectivity index (χ3n) is 21.7. The van der Waals surface area contributed by atoms with E-state index in [0.29, 0.717) is 24.3 Å². The minimum Gasteiger partial charge on any atom is -0.507 e. The molecule has 10 aromatic carbocycles. The van der Waals surface area contributed by atoms with Crippen LogP contribution < -0.4 is 9.47 Å². The van der Waals surface area contributed by atoms with Gasteiger partial charge in [-0.05, 0) is 60.2 Å². The Labute approximate surface area is 732 Å². The highest BCUT2D eigenvalue weighted by atomic mass is 16.7. The largest absolute Gasteiger partial charge is 0.507 e. The van der Waals surface area contributed by atoms with Crippen molar-refractivity contribution in [2.75, 3.05) is 13.2 Å². The molecule has 0 aliphatic carbocycles. The van der Waals surface area contributed by atoms with Crippen LogP contribution >= 0.6 is 0 Å². The number of rotatable bonds is 10. The first kappa shape index (κ1) is 89.8. The van der Waals surface area contributed by atoms with Gasteiger partial charge >= 0.3 is 47.8 Å². The van der Waals surface area contributed by atoms with Crippen LogP contribution in [0.1, 0.15) is 112 Å². The zero-order chi connectivity index (χ0) is 96.8. The predicted molar refractivity (Wildman–Crippen MR) is 417 cm³/mol. The lowest BCUT2D eigenvalue weighted by Gasteiger charge is -2.42. The molecule has 3 unspecified atom stereocenters. The van der Waals surface area contributed by atoms with E-state index in [2.05, 4.69) is 0 Å². The molecule has 0 bridgehead atoms. The number of aliphatic hydroxyl groups excluding tert-OH is 4. The lowest BCUT2D eigenvalue weighted by molar-refractivity contribution is -0.284. The molecule has 0 saturated carbocycles. The second kappa shape index (κ2) is 33.0. The van der Waals surface area contributed by atoms with Crippen molar-refractivity contribution in [1.82, 2.24) is 0 Å². The second-order valence-corrected chi connectivity index (χ2v) is 29.7. The zero-order valence-corrected chi connectivity index (χ0v) is 65.7. The Hall–Kier alpha value is -18.0. The number of carbonyl (C=O) groups is 8. The minimum atomic E-state index is -3.24. The molecule has 133 heavy (non-hydrogen) atoms.